The number of anilines is 1. The normalized spacial score (nSPS) is 18.6. The number of esters is 1. The highest BCUT2D eigenvalue weighted by Gasteiger charge is 2.40. The molecule has 1 aliphatic carbocycles. The van der Waals surface area contributed by atoms with Crippen molar-refractivity contribution in [2.75, 3.05) is 39.9 Å². The number of para-hydroxylation sites is 2. The highest BCUT2D eigenvalue weighted by atomic mass is 16.5. The average Bonchev–Trinajstić information content (AvgIpc) is 3.49. The van der Waals surface area contributed by atoms with Gasteiger partial charge < -0.3 is 24.3 Å². The van der Waals surface area contributed by atoms with E-state index in [2.05, 4.69) is 16.8 Å². The van der Waals surface area contributed by atoms with Crippen LogP contribution in [0.5, 0.6) is 17.2 Å². The third-order valence-electron chi connectivity index (χ3n) is 9.07. The molecule has 0 radical (unpaired) electrons. The van der Waals surface area contributed by atoms with Crippen molar-refractivity contribution in [2.24, 2.45) is 5.92 Å². The summed E-state index contributed by atoms with van der Waals surface area (Å²) in [6, 6.07) is 16.3. The maximum absolute atomic E-state index is 14.3. The third kappa shape index (κ3) is 5.31. The van der Waals surface area contributed by atoms with Crippen molar-refractivity contribution in [3.05, 3.63) is 92.1 Å². The summed E-state index contributed by atoms with van der Waals surface area (Å²) in [6.45, 7) is 2.95. The summed E-state index contributed by atoms with van der Waals surface area (Å²) in [4.78, 5) is 41.1. The van der Waals surface area contributed by atoms with E-state index < -0.39 is 17.2 Å². The van der Waals surface area contributed by atoms with Gasteiger partial charge in [-0.3, -0.25) is 14.8 Å². The van der Waals surface area contributed by atoms with E-state index in [1.165, 1.54) is 34.6 Å². The minimum absolute atomic E-state index is 0.0690. The fourth-order valence-electron chi connectivity index (χ4n) is 7.02. The first-order valence-corrected chi connectivity index (χ1v) is 15.2. The van der Waals surface area contributed by atoms with E-state index in [0.29, 0.717) is 29.2 Å². The van der Waals surface area contributed by atoms with E-state index in [1.54, 1.807) is 50.4 Å². The lowest BCUT2D eigenvalue weighted by Crippen LogP contribution is -2.44. The summed E-state index contributed by atoms with van der Waals surface area (Å²) in [5.41, 5.74) is 5.25. The maximum atomic E-state index is 14.3. The van der Waals surface area contributed by atoms with Gasteiger partial charge in [-0.1, -0.05) is 24.3 Å². The van der Waals surface area contributed by atoms with Gasteiger partial charge >= 0.3 is 11.7 Å². The van der Waals surface area contributed by atoms with E-state index in [4.69, 9.17) is 18.9 Å². The van der Waals surface area contributed by atoms with Crippen LogP contribution in [0, 0.1) is 5.92 Å². The van der Waals surface area contributed by atoms with Gasteiger partial charge in [-0.2, -0.15) is 4.68 Å². The number of methoxy groups -OCH3 is 3. The molecule has 3 aromatic carbocycles. The molecule has 0 amide bonds. The number of rotatable bonds is 10. The predicted octanol–water partition coefficient (Wildman–Crippen LogP) is 3.95. The van der Waals surface area contributed by atoms with Gasteiger partial charge in [0.15, 0.2) is 0 Å². The first-order chi connectivity index (χ1) is 21.9. The maximum Gasteiger partial charge on any atom is 0.350 e. The molecule has 2 heterocycles. The number of nitrogens with zero attached hydrogens (tertiary/aromatic N) is 2. The first-order valence-electron chi connectivity index (χ1n) is 15.2. The number of nitrogens with one attached hydrogen (secondary N) is 2. The van der Waals surface area contributed by atoms with Crippen molar-refractivity contribution in [1.82, 2.24) is 14.6 Å². The number of ether oxygens (including phenoxy) is 4. The molecule has 11 nitrogen and oxygen atoms in total. The fourth-order valence-corrected chi connectivity index (χ4v) is 7.02. The zero-order chi connectivity index (χ0) is 31.7. The Kier molecular flexibility index (Phi) is 8.53. The Morgan fingerprint density at radius 3 is 2.42 bits per heavy atom. The van der Waals surface area contributed by atoms with Gasteiger partial charge in [0.05, 0.1) is 38.9 Å². The summed E-state index contributed by atoms with van der Waals surface area (Å²) in [5.74, 6) is 1.69. The van der Waals surface area contributed by atoms with Crippen molar-refractivity contribution in [1.29, 1.82) is 0 Å². The molecule has 3 atom stereocenters. The van der Waals surface area contributed by atoms with E-state index in [1.807, 2.05) is 12.1 Å². The SMILES string of the molecule is CCOC(=O)c1cccc(OC)c1Nn1c(=O)n(CCC2NCC3CCc4c(OC)cccc4C32)c(=O)c2cccc(OC)c21. The van der Waals surface area contributed by atoms with Gasteiger partial charge in [-0.15, -0.1) is 0 Å². The minimum Gasteiger partial charge on any atom is -0.496 e. The number of fused-ring (bicyclic) bond motifs is 4. The molecule has 1 aromatic heterocycles. The number of benzene rings is 3. The zero-order valence-corrected chi connectivity index (χ0v) is 25.9. The molecule has 4 aromatic rings. The molecule has 1 fully saturated rings. The Balaban J connectivity index is 1.42. The largest absolute Gasteiger partial charge is 0.496 e. The van der Waals surface area contributed by atoms with Gasteiger partial charge in [0, 0.05) is 18.5 Å². The molecule has 1 saturated heterocycles. The van der Waals surface area contributed by atoms with Gasteiger partial charge in [-0.25, -0.2) is 9.59 Å². The van der Waals surface area contributed by atoms with Crippen LogP contribution in [0.25, 0.3) is 10.9 Å². The van der Waals surface area contributed by atoms with E-state index in [-0.39, 0.29) is 41.9 Å². The van der Waals surface area contributed by atoms with E-state index >= 15 is 0 Å². The minimum atomic E-state index is -0.599. The van der Waals surface area contributed by atoms with Gasteiger partial charge in [-0.05, 0) is 80.1 Å². The number of carbonyl (C=O) groups is 1. The number of aromatic nitrogens is 2. The Morgan fingerprint density at radius 1 is 0.956 bits per heavy atom. The van der Waals surface area contributed by atoms with Crippen LogP contribution in [0.1, 0.15) is 47.2 Å². The summed E-state index contributed by atoms with van der Waals surface area (Å²) >= 11 is 0. The predicted molar refractivity (Wildman–Crippen MR) is 171 cm³/mol. The fraction of sp³-hybridized carbons (Fsp3) is 0.382. The summed E-state index contributed by atoms with van der Waals surface area (Å²) in [5, 5.41) is 3.97. The standard InChI is InChI=1S/C34H38N4O7/c1-5-45-33(40)23-10-7-13-27(43-3)30(23)36-38-31-24(11-8-14-28(31)44-4)32(39)37(34(38)41)18-17-25-29-20(19-35-25)15-16-21-22(29)9-6-12-26(21)42-2/h6-14,20,25,29,35-36H,5,15-19H2,1-4H3. The molecule has 45 heavy (non-hydrogen) atoms. The Hall–Kier alpha value is -4.77. The molecule has 0 saturated carbocycles. The van der Waals surface area contributed by atoms with Crippen molar-refractivity contribution in [3.63, 3.8) is 0 Å². The molecule has 6 rings (SSSR count). The number of hydrogen-bond donors (Lipinski definition) is 2. The number of hydrogen-bond acceptors (Lipinski definition) is 9. The molecule has 2 N–H and O–H groups in total. The Morgan fingerprint density at radius 2 is 1.67 bits per heavy atom. The average molecular weight is 615 g/mol. The molecular formula is C34H38N4O7. The quantitative estimate of drug-likeness (QED) is 0.256. The second-order valence-electron chi connectivity index (χ2n) is 11.3. The molecular weight excluding hydrogens is 576 g/mol. The van der Waals surface area contributed by atoms with Gasteiger partial charge in [0.1, 0.15) is 28.5 Å². The highest BCUT2D eigenvalue weighted by molar-refractivity contribution is 5.97. The van der Waals surface area contributed by atoms with Crippen LogP contribution in [-0.4, -0.2) is 55.7 Å². The first kappa shape index (κ1) is 30.3. The van der Waals surface area contributed by atoms with Crippen molar-refractivity contribution in [2.45, 2.75) is 44.7 Å². The third-order valence-corrected chi connectivity index (χ3v) is 9.07. The van der Waals surface area contributed by atoms with Crippen LogP contribution in [0.4, 0.5) is 5.69 Å². The zero-order valence-electron chi connectivity index (χ0n) is 25.9. The summed E-state index contributed by atoms with van der Waals surface area (Å²) < 4.78 is 24.6. The van der Waals surface area contributed by atoms with Crippen LogP contribution in [-0.2, 0) is 17.7 Å². The Labute approximate surface area is 260 Å². The van der Waals surface area contributed by atoms with Gasteiger partial charge in [0.25, 0.3) is 5.56 Å². The van der Waals surface area contributed by atoms with E-state index in [0.717, 1.165) is 25.1 Å². The van der Waals surface area contributed by atoms with Crippen LogP contribution in [0.15, 0.2) is 64.2 Å². The molecule has 3 unspecified atom stereocenters. The summed E-state index contributed by atoms with van der Waals surface area (Å²) in [7, 11) is 4.65. The lowest BCUT2D eigenvalue weighted by Gasteiger charge is -2.32. The number of carbonyl (C=O) groups excluding carboxylic acids is 1. The molecule has 1 aliphatic heterocycles. The Bertz CT molecular complexity index is 1860. The molecule has 11 heteroatoms. The molecule has 0 bridgehead atoms. The van der Waals surface area contributed by atoms with Crippen LogP contribution in [0.2, 0.25) is 0 Å². The monoisotopic (exact) mass is 614 g/mol. The van der Waals surface area contributed by atoms with Crippen molar-refractivity contribution < 1.29 is 23.7 Å². The van der Waals surface area contributed by atoms with Crippen LogP contribution >= 0.6 is 0 Å². The van der Waals surface area contributed by atoms with Crippen molar-refractivity contribution >= 4 is 22.6 Å². The van der Waals surface area contributed by atoms with Gasteiger partial charge in [0.2, 0.25) is 0 Å². The lowest BCUT2D eigenvalue weighted by atomic mass is 9.73. The second-order valence-corrected chi connectivity index (χ2v) is 11.3. The smallest absolute Gasteiger partial charge is 0.350 e. The molecule has 2 aliphatic rings. The topological polar surface area (TPSA) is 122 Å². The van der Waals surface area contributed by atoms with Crippen molar-refractivity contribution in [3.8, 4) is 17.2 Å². The lowest BCUT2D eigenvalue weighted by molar-refractivity contribution is 0.0527. The summed E-state index contributed by atoms with van der Waals surface area (Å²) in [6.07, 6.45) is 2.58. The van der Waals surface area contributed by atoms with E-state index in [9.17, 15) is 14.4 Å². The second kappa shape index (κ2) is 12.7. The molecule has 236 valence electrons. The molecule has 0 spiro atoms. The van der Waals surface area contributed by atoms with Crippen LogP contribution in [0.3, 0.4) is 0 Å². The van der Waals surface area contributed by atoms with Crippen LogP contribution < -0.4 is 36.2 Å². The highest BCUT2D eigenvalue weighted by Crippen LogP contribution is 2.45.